The van der Waals surface area contributed by atoms with Crippen LogP contribution in [-0.4, -0.2) is 32.5 Å². The Morgan fingerprint density at radius 3 is 2.75 bits per heavy atom. The summed E-state index contributed by atoms with van der Waals surface area (Å²) >= 11 is 6.17. The van der Waals surface area contributed by atoms with E-state index in [9.17, 15) is 4.79 Å². The molecule has 2 heterocycles. The zero-order valence-electron chi connectivity index (χ0n) is 11.5. The smallest absolute Gasteiger partial charge is 0.245 e. The fourth-order valence-corrected chi connectivity index (χ4v) is 2.31. The Balaban J connectivity index is 2.66. The number of nitrogens with zero attached hydrogens (tertiary/aromatic N) is 4. The van der Waals surface area contributed by atoms with Gasteiger partial charge in [-0.2, -0.15) is 4.98 Å². The molecule has 2 N–H and O–H groups in total. The number of amides is 1. The maximum atomic E-state index is 11.1. The van der Waals surface area contributed by atoms with Crippen LogP contribution >= 0.6 is 11.6 Å². The third kappa shape index (κ3) is 2.53. The lowest BCUT2D eigenvalue weighted by Crippen LogP contribution is -2.19. The van der Waals surface area contributed by atoms with E-state index in [1.807, 2.05) is 11.5 Å². The van der Waals surface area contributed by atoms with Gasteiger partial charge in [0, 0.05) is 12.5 Å². The van der Waals surface area contributed by atoms with Crippen molar-refractivity contribution in [2.24, 2.45) is 5.73 Å². The molecule has 8 heteroatoms. The molecule has 2 rings (SSSR count). The molecule has 0 saturated heterocycles. The lowest BCUT2D eigenvalue weighted by atomic mass is 10.2. The molecule has 0 bridgehead atoms. The van der Waals surface area contributed by atoms with E-state index in [0.29, 0.717) is 22.9 Å². The molecule has 2 unspecified atom stereocenters. The number of alkyl halides is 1. The van der Waals surface area contributed by atoms with Crippen LogP contribution in [0, 0.1) is 0 Å². The minimum atomic E-state index is -0.395. The maximum absolute atomic E-state index is 11.1. The number of carbonyl (C=O) groups is 1. The van der Waals surface area contributed by atoms with E-state index >= 15 is 0 Å². The summed E-state index contributed by atoms with van der Waals surface area (Å²) in [5, 5.41) is -0.343. The van der Waals surface area contributed by atoms with Crippen LogP contribution in [0.4, 0.5) is 0 Å². The molecule has 0 aliphatic carbocycles. The number of halogens is 1. The molecular formula is C12H16ClN5O2. The molecule has 2 aromatic rings. The predicted molar refractivity (Wildman–Crippen MR) is 74.7 cm³/mol. The first kappa shape index (κ1) is 14.5. The number of hydrogen-bond acceptors (Lipinski definition) is 5. The molecule has 7 nitrogen and oxygen atoms in total. The van der Waals surface area contributed by atoms with Crippen molar-refractivity contribution >= 4 is 28.7 Å². The maximum Gasteiger partial charge on any atom is 0.245 e. The highest BCUT2D eigenvalue weighted by molar-refractivity contribution is 6.20. The number of hydrogen-bond donors (Lipinski definition) is 1. The van der Waals surface area contributed by atoms with E-state index in [4.69, 9.17) is 22.1 Å². The summed E-state index contributed by atoms with van der Waals surface area (Å²) in [6, 6.07) is -0.201. The number of aromatic nitrogens is 4. The average molecular weight is 298 g/mol. The number of methoxy groups -OCH3 is 1. The summed E-state index contributed by atoms with van der Waals surface area (Å²) in [5.41, 5.74) is 6.36. The zero-order valence-corrected chi connectivity index (χ0v) is 12.3. The normalized spacial score (nSPS) is 14.2. The van der Waals surface area contributed by atoms with Gasteiger partial charge in [-0.15, -0.1) is 11.6 Å². The Kier molecular flexibility index (Phi) is 4.08. The number of rotatable bonds is 5. The minimum absolute atomic E-state index is 0.175. The third-order valence-corrected chi connectivity index (χ3v) is 3.15. The van der Waals surface area contributed by atoms with E-state index in [2.05, 4.69) is 15.0 Å². The van der Waals surface area contributed by atoms with E-state index in [1.54, 1.807) is 6.92 Å². The SMILES string of the molecule is COc1ncnc2c1nc(C(C)Cl)n2C(C)CC(N)=O. The number of imidazole rings is 1. The van der Waals surface area contributed by atoms with Crippen molar-refractivity contribution in [1.29, 1.82) is 0 Å². The lowest BCUT2D eigenvalue weighted by molar-refractivity contribution is -0.118. The molecule has 1 amide bonds. The third-order valence-electron chi connectivity index (χ3n) is 2.96. The Morgan fingerprint density at radius 1 is 1.50 bits per heavy atom. The van der Waals surface area contributed by atoms with E-state index in [0.717, 1.165) is 0 Å². The fraction of sp³-hybridized carbons (Fsp3) is 0.500. The van der Waals surface area contributed by atoms with Crippen molar-refractivity contribution in [3.8, 4) is 5.88 Å². The van der Waals surface area contributed by atoms with Gasteiger partial charge < -0.3 is 15.0 Å². The number of primary amides is 1. The highest BCUT2D eigenvalue weighted by Gasteiger charge is 2.23. The van der Waals surface area contributed by atoms with E-state index in [1.165, 1.54) is 13.4 Å². The molecule has 0 aliphatic heterocycles. The summed E-state index contributed by atoms with van der Waals surface area (Å²) in [5.74, 6) is 0.585. The van der Waals surface area contributed by atoms with Crippen LogP contribution in [-0.2, 0) is 4.79 Å². The van der Waals surface area contributed by atoms with Gasteiger partial charge in [-0.05, 0) is 13.8 Å². The van der Waals surface area contributed by atoms with Gasteiger partial charge in [-0.3, -0.25) is 4.79 Å². The van der Waals surface area contributed by atoms with Gasteiger partial charge >= 0.3 is 0 Å². The standard InChI is InChI=1S/C12H16ClN5O2/c1-6(4-8(14)19)18-10(7(2)13)17-9-11(18)15-5-16-12(9)20-3/h5-7H,4H2,1-3H3,(H2,14,19). The largest absolute Gasteiger partial charge is 0.479 e. The van der Waals surface area contributed by atoms with Crippen molar-refractivity contribution < 1.29 is 9.53 Å². The first-order valence-corrected chi connectivity index (χ1v) is 6.58. The molecular weight excluding hydrogens is 282 g/mol. The number of fused-ring (bicyclic) bond motifs is 1. The van der Waals surface area contributed by atoms with Crippen molar-refractivity contribution in [2.45, 2.75) is 31.7 Å². The molecule has 0 aromatic carbocycles. The fourth-order valence-electron chi connectivity index (χ4n) is 2.15. The Bertz CT molecular complexity index is 640. The average Bonchev–Trinajstić information content (AvgIpc) is 2.77. The van der Waals surface area contributed by atoms with Gasteiger partial charge in [0.15, 0.2) is 11.2 Å². The second-order valence-corrected chi connectivity index (χ2v) is 5.19. The zero-order chi connectivity index (χ0) is 14.9. The van der Waals surface area contributed by atoms with Crippen LogP contribution in [0.2, 0.25) is 0 Å². The van der Waals surface area contributed by atoms with Crippen LogP contribution in [0.3, 0.4) is 0 Å². The summed E-state index contributed by atoms with van der Waals surface area (Å²) in [7, 11) is 1.51. The van der Waals surface area contributed by atoms with E-state index < -0.39 is 5.91 Å². The highest BCUT2D eigenvalue weighted by Crippen LogP contribution is 2.30. The van der Waals surface area contributed by atoms with Gasteiger partial charge in [0.25, 0.3) is 0 Å². The molecule has 0 spiro atoms. The Morgan fingerprint density at radius 2 is 2.20 bits per heavy atom. The van der Waals surface area contributed by atoms with Gasteiger partial charge in [0.2, 0.25) is 11.8 Å². The van der Waals surface area contributed by atoms with Crippen LogP contribution in [0.25, 0.3) is 11.2 Å². The van der Waals surface area contributed by atoms with Gasteiger partial charge in [0.1, 0.15) is 12.2 Å². The second kappa shape index (κ2) is 5.62. The summed E-state index contributed by atoms with van der Waals surface area (Å²) in [6.07, 6.45) is 1.56. The first-order valence-electron chi connectivity index (χ1n) is 6.14. The topological polar surface area (TPSA) is 95.9 Å². The quantitative estimate of drug-likeness (QED) is 0.845. The van der Waals surface area contributed by atoms with Crippen molar-refractivity contribution in [3.05, 3.63) is 12.2 Å². The van der Waals surface area contributed by atoms with Crippen molar-refractivity contribution in [1.82, 2.24) is 19.5 Å². The molecule has 0 saturated carbocycles. The molecule has 0 fully saturated rings. The van der Waals surface area contributed by atoms with Gasteiger partial charge in [0.05, 0.1) is 12.5 Å². The molecule has 2 atom stereocenters. The summed E-state index contributed by atoms with van der Waals surface area (Å²) in [4.78, 5) is 23.8. The lowest BCUT2D eigenvalue weighted by Gasteiger charge is -2.16. The monoisotopic (exact) mass is 297 g/mol. The van der Waals surface area contributed by atoms with E-state index in [-0.39, 0.29) is 17.8 Å². The van der Waals surface area contributed by atoms with Crippen LogP contribution in [0.5, 0.6) is 5.88 Å². The number of ether oxygens (including phenoxy) is 1. The first-order chi connectivity index (χ1) is 9.45. The molecule has 0 aliphatic rings. The molecule has 0 radical (unpaired) electrons. The predicted octanol–water partition coefficient (Wildman–Crippen LogP) is 1.57. The van der Waals surface area contributed by atoms with Crippen LogP contribution < -0.4 is 10.5 Å². The number of nitrogens with two attached hydrogens (primary N) is 1. The van der Waals surface area contributed by atoms with Crippen molar-refractivity contribution in [3.63, 3.8) is 0 Å². The van der Waals surface area contributed by atoms with Crippen LogP contribution in [0.15, 0.2) is 6.33 Å². The molecule has 20 heavy (non-hydrogen) atoms. The molecule has 2 aromatic heterocycles. The summed E-state index contributed by atoms with van der Waals surface area (Å²) < 4.78 is 6.98. The number of carbonyl (C=O) groups excluding carboxylic acids is 1. The van der Waals surface area contributed by atoms with Gasteiger partial charge in [-0.25, -0.2) is 9.97 Å². The van der Waals surface area contributed by atoms with Crippen molar-refractivity contribution in [2.75, 3.05) is 7.11 Å². The van der Waals surface area contributed by atoms with Gasteiger partial charge in [-0.1, -0.05) is 0 Å². The Hall–Kier alpha value is -1.89. The second-order valence-electron chi connectivity index (χ2n) is 4.53. The molecule has 108 valence electrons. The van der Waals surface area contributed by atoms with Crippen LogP contribution in [0.1, 0.15) is 37.5 Å². The highest BCUT2D eigenvalue weighted by atomic mass is 35.5. The summed E-state index contributed by atoms with van der Waals surface area (Å²) in [6.45, 7) is 3.67. The Labute approximate surface area is 121 Å². The minimum Gasteiger partial charge on any atom is -0.479 e.